The molecule has 1 heterocycles. The van der Waals surface area contributed by atoms with Crippen molar-refractivity contribution in [2.75, 3.05) is 7.05 Å². The lowest BCUT2D eigenvalue weighted by Gasteiger charge is -2.08. The van der Waals surface area contributed by atoms with Crippen LogP contribution in [0.3, 0.4) is 0 Å². The largest absolute Gasteiger partial charge is 0.313 e. The molecule has 2 heteroatoms. The molecule has 0 saturated heterocycles. The van der Waals surface area contributed by atoms with E-state index in [9.17, 15) is 0 Å². The Bertz CT molecular complexity index is 184. The van der Waals surface area contributed by atoms with Crippen LogP contribution in [0.25, 0.3) is 0 Å². The predicted octanol–water partition coefficient (Wildman–Crippen LogP) is 1.36. The molecule has 1 rings (SSSR count). The smallest absolute Gasteiger partial charge is 0.0290 e. The minimum absolute atomic E-state index is 0.419. The summed E-state index contributed by atoms with van der Waals surface area (Å²) >= 11 is 0. The van der Waals surface area contributed by atoms with Crippen molar-refractivity contribution < 1.29 is 0 Å². The van der Waals surface area contributed by atoms with Gasteiger partial charge in [-0.1, -0.05) is 0 Å². The molecular weight excluding hydrogens is 124 g/mol. The Morgan fingerprint density at radius 1 is 1.40 bits per heavy atom. The summed E-state index contributed by atoms with van der Waals surface area (Å²) in [5.74, 6) is 0. The number of rotatable bonds is 2. The van der Waals surface area contributed by atoms with E-state index < -0.39 is 0 Å². The summed E-state index contributed by atoms with van der Waals surface area (Å²) in [4.78, 5) is 3.93. The van der Waals surface area contributed by atoms with Gasteiger partial charge in [-0.15, -0.1) is 0 Å². The normalized spacial score (nSPS) is 13.0. The molecule has 1 atom stereocenters. The van der Waals surface area contributed by atoms with Crippen molar-refractivity contribution in [3.05, 3.63) is 30.1 Å². The predicted molar refractivity (Wildman–Crippen MR) is 41.7 cm³/mol. The van der Waals surface area contributed by atoms with Crippen molar-refractivity contribution in [1.29, 1.82) is 0 Å². The summed E-state index contributed by atoms with van der Waals surface area (Å²) in [6.45, 7) is 2.12. The topological polar surface area (TPSA) is 24.9 Å². The van der Waals surface area contributed by atoms with Crippen molar-refractivity contribution in [2.45, 2.75) is 13.0 Å². The summed E-state index contributed by atoms with van der Waals surface area (Å²) in [7, 11) is 1.95. The first-order chi connectivity index (χ1) is 4.84. The van der Waals surface area contributed by atoms with Gasteiger partial charge in [-0.05, 0) is 31.7 Å². The molecule has 0 amide bonds. The van der Waals surface area contributed by atoms with Gasteiger partial charge in [0.05, 0.1) is 0 Å². The molecule has 0 aliphatic rings. The van der Waals surface area contributed by atoms with Gasteiger partial charge in [0.15, 0.2) is 0 Å². The average Bonchev–Trinajstić information content (AvgIpc) is 2.05. The van der Waals surface area contributed by atoms with Crippen LogP contribution in [-0.4, -0.2) is 12.0 Å². The van der Waals surface area contributed by atoms with Crippen molar-refractivity contribution >= 4 is 0 Å². The van der Waals surface area contributed by atoms with E-state index in [4.69, 9.17) is 0 Å². The Balaban J connectivity index is 2.75. The van der Waals surface area contributed by atoms with E-state index in [0.29, 0.717) is 6.04 Å². The Morgan fingerprint density at radius 2 is 2.00 bits per heavy atom. The summed E-state index contributed by atoms with van der Waals surface area (Å²) in [5, 5.41) is 3.15. The zero-order valence-corrected chi connectivity index (χ0v) is 6.33. The Hall–Kier alpha value is -0.890. The van der Waals surface area contributed by atoms with Crippen LogP contribution in [-0.2, 0) is 0 Å². The molecule has 0 fully saturated rings. The van der Waals surface area contributed by atoms with Crippen LogP contribution >= 0.6 is 0 Å². The first-order valence-corrected chi connectivity index (χ1v) is 3.42. The van der Waals surface area contributed by atoms with Gasteiger partial charge in [0, 0.05) is 18.4 Å². The molecule has 0 aliphatic carbocycles. The first kappa shape index (κ1) is 7.22. The second kappa shape index (κ2) is 3.32. The van der Waals surface area contributed by atoms with Gasteiger partial charge in [0.25, 0.3) is 0 Å². The maximum Gasteiger partial charge on any atom is 0.0290 e. The number of aromatic nitrogens is 1. The lowest BCUT2D eigenvalue weighted by Crippen LogP contribution is -2.11. The van der Waals surface area contributed by atoms with Crippen molar-refractivity contribution in [3.8, 4) is 0 Å². The SMILES string of the molecule is CNC(C)c1ccncc1. The molecule has 0 aromatic carbocycles. The van der Waals surface area contributed by atoms with Gasteiger partial charge >= 0.3 is 0 Å². The number of nitrogens with one attached hydrogen (secondary N) is 1. The minimum atomic E-state index is 0.419. The fourth-order valence-electron chi connectivity index (χ4n) is 0.819. The van der Waals surface area contributed by atoms with Gasteiger partial charge in [0.1, 0.15) is 0 Å². The second-order valence-electron chi connectivity index (χ2n) is 2.29. The van der Waals surface area contributed by atoms with Crippen molar-refractivity contribution in [2.24, 2.45) is 0 Å². The third-order valence-corrected chi connectivity index (χ3v) is 1.64. The minimum Gasteiger partial charge on any atom is -0.313 e. The number of pyridine rings is 1. The molecule has 1 aromatic heterocycles. The highest BCUT2D eigenvalue weighted by atomic mass is 14.9. The Labute approximate surface area is 61.3 Å². The highest BCUT2D eigenvalue weighted by Gasteiger charge is 1.98. The molecule has 1 aromatic rings. The van der Waals surface area contributed by atoms with Crippen LogP contribution < -0.4 is 5.32 Å². The standard InChI is InChI=1S/C8H12N2/c1-7(9-2)8-3-5-10-6-4-8/h3-7,9H,1-2H3. The molecule has 1 N–H and O–H groups in total. The Morgan fingerprint density at radius 3 is 2.50 bits per heavy atom. The van der Waals surface area contributed by atoms with Gasteiger partial charge in [0.2, 0.25) is 0 Å². The maximum atomic E-state index is 3.93. The first-order valence-electron chi connectivity index (χ1n) is 3.42. The Kier molecular flexibility index (Phi) is 2.40. The van der Waals surface area contributed by atoms with E-state index in [1.165, 1.54) is 5.56 Å². The van der Waals surface area contributed by atoms with Gasteiger partial charge in [-0.2, -0.15) is 0 Å². The van der Waals surface area contributed by atoms with Crippen LogP contribution in [0.4, 0.5) is 0 Å². The van der Waals surface area contributed by atoms with Crippen LogP contribution in [0.5, 0.6) is 0 Å². The lowest BCUT2D eigenvalue weighted by molar-refractivity contribution is 0.651. The fourth-order valence-corrected chi connectivity index (χ4v) is 0.819. The van der Waals surface area contributed by atoms with Crippen LogP contribution in [0.2, 0.25) is 0 Å². The summed E-state index contributed by atoms with van der Waals surface area (Å²) in [5.41, 5.74) is 1.28. The molecule has 0 spiro atoms. The zero-order valence-electron chi connectivity index (χ0n) is 6.33. The maximum absolute atomic E-state index is 3.93. The average molecular weight is 136 g/mol. The number of nitrogens with zero attached hydrogens (tertiary/aromatic N) is 1. The van der Waals surface area contributed by atoms with Gasteiger partial charge in [-0.25, -0.2) is 0 Å². The molecular formula is C8H12N2. The zero-order chi connectivity index (χ0) is 7.40. The quantitative estimate of drug-likeness (QED) is 0.664. The van der Waals surface area contributed by atoms with Gasteiger partial charge in [-0.3, -0.25) is 4.98 Å². The van der Waals surface area contributed by atoms with Crippen molar-refractivity contribution in [1.82, 2.24) is 10.3 Å². The van der Waals surface area contributed by atoms with E-state index in [2.05, 4.69) is 17.2 Å². The van der Waals surface area contributed by atoms with Crippen molar-refractivity contribution in [3.63, 3.8) is 0 Å². The molecule has 0 bridgehead atoms. The molecule has 0 aliphatic heterocycles. The number of hydrogen-bond acceptors (Lipinski definition) is 2. The molecule has 10 heavy (non-hydrogen) atoms. The summed E-state index contributed by atoms with van der Waals surface area (Å²) < 4.78 is 0. The number of hydrogen-bond donors (Lipinski definition) is 1. The third kappa shape index (κ3) is 1.54. The molecule has 2 nitrogen and oxygen atoms in total. The van der Waals surface area contributed by atoms with E-state index in [-0.39, 0.29) is 0 Å². The summed E-state index contributed by atoms with van der Waals surface area (Å²) in [6, 6.07) is 4.45. The highest BCUT2D eigenvalue weighted by molar-refractivity contribution is 5.13. The van der Waals surface area contributed by atoms with E-state index in [1.807, 2.05) is 31.6 Å². The van der Waals surface area contributed by atoms with E-state index in [1.54, 1.807) is 0 Å². The monoisotopic (exact) mass is 136 g/mol. The van der Waals surface area contributed by atoms with Crippen LogP contribution in [0, 0.1) is 0 Å². The van der Waals surface area contributed by atoms with E-state index in [0.717, 1.165) is 0 Å². The summed E-state index contributed by atoms with van der Waals surface area (Å²) in [6.07, 6.45) is 3.62. The highest BCUT2D eigenvalue weighted by Crippen LogP contribution is 2.08. The molecule has 54 valence electrons. The van der Waals surface area contributed by atoms with Gasteiger partial charge < -0.3 is 5.32 Å². The van der Waals surface area contributed by atoms with Crippen LogP contribution in [0.15, 0.2) is 24.5 Å². The van der Waals surface area contributed by atoms with E-state index >= 15 is 0 Å². The van der Waals surface area contributed by atoms with Crippen LogP contribution in [0.1, 0.15) is 18.5 Å². The third-order valence-electron chi connectivity index (χ3n) is 1.64. The molecule has 0 radical (unpaired) electrons. The lowest BCUT2D eigenvalue weighted by atomic mass is 10.1. The molecule has 1 unspecified atom stereocenters. The molecule has 0 saturated carbocycles. The fraction of sp³-hybridized carbons (Fsp3) is 0.375. The second-order valence-corrected chi connectivity index (χ2v) is 2.29.